The Kier molecular flexibility index (Phi) is 9.46. The number of halogens is 1. The number of likely N-dealkylation sites (tertiary alicyclic amines) is 1. The zero-order valence-corrected chi connectivity index (χ0v) is 13.5. The molecule has 2 atom stereocenters. The van der Waals surface area contributed by atoms with Gasteiger partial charge in [0.1, 0.15) is 0 Å². The second-order valence-electron chi connectivity index (χ2n) is 6.05. The van der Waals surface area contributed by atoms with Crippen LogP contribution < -0.4 is 5.73 Å². The Morgan fingerprint density at radius 2 is 2.00 bits per heavy atom. The van der Waals surface area contributed by atoms with Crippen molar-refractivity contribution >= 4 is 18.3 Å². The van der Waals surface area contributed by atoms with E-state index >= 15 is 0 Å². The molecule has 114 valence electrons. The highest BCUT2D eigenvalue weighted by molar-refractivity contribution is 5.85. The second kappa shape index (κ2) is 9.60. The van der Waals surface area contributed by atoms with Crippen LogP contribution in [0.1, 0.15) is 65.7 Å². The molecule has 4 heteroatoms. The van der Waals surface area contributed by atoms with Crippen LogP contribution in [0.4, 0.5) is 0 Å². The molecule has 2 N–H and O–H groups in total. The fraction of sp³-hybridized carbons (Fsp3) is 0.933. The summed E-state index contributed by atoms with van der Waals surface area (Å²) in [5.41, 5.74) is 5.99. The van der Waals surface area contributed by atoms with Gasteiger partial charge < -0.3 is 10.6 Å². The van der Waals surface area contributed by atoms with E-state index in [-0.39, 0.29) is 24.4 Å². The fourth-order valence-electron chi connectivity index (χ4n) is 2.76. The van der Waals surface area contributed by atoms with Crippen molar-refractivity contribution in [3.63, 3.8) is 0 Å². The number of hydrogen-bond donors (Lipinski definition) is 1. The first-order valence-corrected chi connectivity index (χ1v) is 7.62. The maximum absolute atomic E-state index is 12.3. The van der Waals surface area contributed by atoms with Crippen LogP contribution in [0.2, 0.25) is 0 Å². The number of nitrogens with two attached hydrogens (primary N) is 1. The number of carbonyl (C=O) groups is 1. The lowest BCUT2D eigenvalue weighted by Crippen LogP contribution is -2.50. The Morgan fingerprint density at radius 3 is 2.58 bits per heavy atom. The summed E-state index contributed by atoms with van der Waals surface area (Å²) < 4.78 is 0. The standard InChI is InChI=1S/C15H30N2O.ClH/c1-4-7-14(16)15(18)17-11-6-5-8-13(17)10-9-12(2)3;/h12-14H,4-11,16H2,1-3H3;1H. The van der Waals surface area contributed by atoms with Crippen LogP contribution in [0.5, 0.6) is 0 Å². The number of carbonyl (C=O) groups excluding carboxylic acids is 1. The number of rotatable bonds is 6. The lowest BCUT2D eigenvalue weighted by molar-refractivity contribution is -0.136. The van der Waals surface area contributed by atoms with Gasteiger partial charge in [0.05, 0.1) is 6.04 Å². The van der Waals surface area contributed by atoms with Crippen molar-refractivity contribution in [1.29, 1.82) is 0 Å². The van der Waals surface area contributed by atoms with E-state index in [0.29, 0.717) is 12.0 Å². The van der Waals surface area contributed by atoms with Crippen LogP contribution in [0, 0.1) is 5.92 Å². The minimum absolute atomic E-state index is 0. The molecule has 1 rings (SSSR count). The summed E-state index contributed by atoms with van der Waals surface area (Å²) >= 11 is 0. The molecule has 1 aliphatic rings. The first-order chi connectivity index (χ1) is 8.56. The van der Waals surface area contributed by atoms with Crippen LogP contribution in [0.3, 0.4) is 0 Å². The highest BCUT2D eigenvalue weighted by Gasteiger charge is 2.29. The summed E-state index contributed by atoms with van der Waals surface area (Å²) in [5, 5.41) is 0. The van der Waals surface area contributed by atoms with Gasteiger partial charge in [0.25, 0.3) is 0 Å². The maximum atomic E-state index is 12.3. The van der Waals surface area contributed by atoms with Crippen molar-refractivity contribution in [2.45, 2.75) is 77.8 Å². The monoisotopic (exact) mass is 290 g/mol. The average molecular weight is 291 g/mol. The van der Waals surface area contributed by atoms with Gasteiger partial charge in [-0.3, -0.25) is 4.79 Å². The smallest absolute Gasteiger partial charge is 0.239 e. The van der Waals surface area contributed by atoms with Crippen LogP contribution in [-0.2, 0) is 4.79 Å². The molecular formula is C15H31ClN2O. The minimum Gasteiger partial charge on any atom is -0.338 e. The molecule has 0 radical (unpaired) electrons. The van der Waals surface area contributed by atoms with Crippen molar-refractivity contribution in [2.24, 2.45) is 11.7 Å². The first-order valence-electron chi connectivity index (χ1n) is 7.62. The molecule has 1 fully saturated rings. The van der Waals surface area contributed by atoms with Crippen molar-refractivity contribution in [3.8, 4) is 0 Å². The van der Waals surface area contributed by atoms with E-state index in [2.05, 4.69) is 25.7 Å². The van der Waals surface area contributed by atoms with Crippen molar-refractivity contribution in [3.05, 3.63) is 0 Å². The van der Waals surface area contributed by atoms with Crippen molar-refractivity contribution in [2.75, 3.05) is 6.54 Å². The molecule has 0 aromatic rings. The van der Waals surface area contributed by atoms with Crippen LogP contribution in [0.25, 0.3) is 0 Å². The lowest BCUT2D eigenvalue weighted by Gasteiger charge is -2.37. The van der Waals surface area contributed by atoms with E-state index < -0.39 is 0 Å². The Balaban J connectivity index is 0.00000324. The predicted molar refractivity (Wildman–Crippen MR) is 83.6 cm³/mol. The summed E-state index contributed by atoms with van der Waals surface area (Å²) in [5.74, 6) is 0.901. The van der Waals surface area contributed by atoms with E-state index in [1.165, 1.54) is 12.8 Å². The summed E-state index contributed by atoms with van der Waals surface area (Å²) in [6.45, 7) is 7.49. The first kappa shape index (κ1) is 18.7. The molecule has 2 unspecified atom stereocenters. The zero-order valence-electron chi connectivity index (χ0n) is 12.7. The maximum Gasteiger partial charge on any atom is 0.239 e. The molecule has 0 bridgehead atoms. The van der Waals surface area contributed by atoms with Gasteiger partial charge in [0.2, 0.25) is 5.91 Å². The summed E-state index contributed by atoms with van der Waals surface area (Å²) in [7, 11) is 0. The topological polar surface area (TPSA) is 46.3 Å². The van der Waals surface area contributed by atoms with Crippen molar-refractivity contribution < 1.29 is 4.79 Å². The Bertz CT molecular complexity index is 259. The van der Waals surface area contributed by atoms with Gasteiger partial charge in [-0.1, -0.05) is 27.2 Å². The summed E-state index contributed by atoms with van der Waals surface area (Å²) in [6.07, 6.45) is 7.71. The van der Waals surface area contributed by atoms with Crippen molar-refractivity contribution in [1.82, 2.24) is 4.90 Å². The quantitative estimate of drug-likeness (QED) is 0.815. The Hall–Kier alpha value is -0.280. The molecule has 1 heterocycles. The van der Waals surface area contributed by atoms with Crippen LogP contribution in [-0.4, -0.2) is 29.4 Å². The highest BCUT2D eigenvalue weighted by atomic mass is 35.5. The van der Waals surface area contributed by atoms with Gasteiger partial charge >= 0.3 is 0 Å². The lowest BCUT2D eigenvalue weighted by atomic mass is 9.94. The van der Waals surface area contributed by atoms with E-state index in [0.717, 1.165) is 38.6 Å². The van der Waals surface area contributed by atoms with E-state index in [9.17, 15) is 4.79 Å². The largest absolute Gasteiger partial charge is 0.338 e. The second-order valence-corrected chi connectivity index (χ2v) is 6.05. The predicted octanol–water partition coefficient (Wildman–Crippen LogP) is 3.35. The molecule has 19 heavy (non-hydrogen) atoms. The van der Waals surface area contributed by atoms with Crippen LogP contribution in [0.15, 0.2) is 0 Å². The van der Waals surface area contributed by atoms with Gasteiger partial charge in [0, 0.05) is 12.6 Å². The number of nitrogens with zero attached hydrogens (tertiary/aromatic N) is 1. The molecule has 3 nitrogen and oxygen atoms in total. The molecule has 0 aromatic carbocycles. The molecule has 1 amide bonds. The van der Waals surface area contributed by atoms with E-state index in [4.69, 9.17) is 5.73 Å². The molecule has 0 spiro atoms. The molecule has 1 saturated heterocycles. The summed E-state index contributed by atoms with van der Waals surface area (Å²) in [4.78, 5) is 14.4. The normalized spacial score (nSPS) is 21.1. The number of amides is 1. The van der Waals surface area contributed by atoms with Gasteiger partial charge in [-0.05, 0) is 44.4 Å². The molecule has 0 aromatic heterocycles. The van der Waals surface area contributed by atoms with E-state index in [1.54, 1.807) is 0 Å². The van der Waals surface area contributed by atoms with Gasteiger partial charge in [-0.2, -0.15) is 0 Å². The van der Waals surface area contributed by atoms with Gasteiger partial charge in [-0.15, -0.1) is 12.4 Å². The molecule has 1 aliphatic heterocycles. The third-order valence-electron chi connectivity index (χ3n) is 3.90. The van der Waals surface area contributed by atoms with Gasteiger partial charge in [-0.25, -0.2) is 0 Å². The third kappa shape index (κ3) is 6.13. The van der Waals surface area contributed by atoms with E-state index in [1.807, 2.05) is 0 Å². The van der Waals surface area contributed by atoms with Crippen LogP contribution >= 0.6 is 12.4 Å². The molecule has 0 aliphatic carbocycles. The average Bonchev–Trinajstić information content (AvgIpc) is 2.36. The third-order valence-corrected chi connectivity index (χ3v) is 3.90. The Morgan fingerprint density at radius 1 is 1.32 bits per heavy atom. The highest BCUT2D eigenvalue weighted by Crippen LogP contribution is 2.23. The zero-order chi connectivity index (χ0) is 13.5. The van der Waals surface area contributed by atoms with Gasteiger partial charge in [0.15, 0.2) is 0 Å². The summed E-state index contributed by atoms with van der Waals surface area (Å²) in [6, 6.07) is 0.159. The fourth-order valence-corrected chi connectivity index (χ4v) is 2.76. The Labute approximate surface area is 124 Å². The number of piperidine rings is 1. The minimum atomic E-state index is -0.283. The molecular weight excluding hydrogens is 260 g/mol. The SMILES string of the molecule is CCCC(N)C(=O)N1CCCCC1CCC(C)C.Cl. The molecule has 0 saturated carbocycles. The number of hydrogen-bond acceptors (Lipinski definition) is 2.